The van der Waals surface area contributed by atoms with Gasteiger partial charge in [0.1, 0.15) is 50.7 Å². The Kier molecular flexibility index (Phi) is 41.3. The standard InChI is InChI=1S/C18H18ClFN4O5S.2C16H14FN5O3.C10H10ClFO.C8H9ClN4O4S.3CH4.2V/c1-4-8-29-13-9-11(6-7-12(13)20)10-23(18(25)28-5-2)16-14(24(26)27)15(19)21-17(22-16)30-3;2*17-10-4-3-9-7-11(10)24-5-1-2-6-25-15-20-13(18)12-14(21-15)22(8-9)16(23)19-12;1-2-5-13-10-6-8(7-11)3-4-9(10)12;1-3-17-8(14)12-6-4(13(15)16)5(9)10-7(11-6)18-2;;;;;/h4,6-7,9H,1,5,8,10H2,2-3H3;2*1-4,7H,5-6,8H2,(H,19,23)(H2,18,20,21);2-4,6H,1,5,7H2;3H2,1-2H3,(H,10,11,12,14);3*1H4;;/b;2-1+;2-1-;;;;;;;. The van der Waals surface area contributed by atoms with Crippen molar-refractivity contribution < 1.29 is 112 Å². The van der Waals surface area contributed by atoms with Gasteiger partial charge in [-0.2, -0.15) is 29.9 Å². The zero-order valence-electron chi connectivity index (χ0n) is 59.6. The average molecular weight is 1790 g/mol. The van der Waals surface area contributed by atoms with Crippen molar-refractivity contribution in [2.45, 2.75) is 72.0 Å². The van der Waals surface area contributed by atoms with Gasteiger partial charge in [0.15, 0.2) is 79.5 Å². The van der Waals surface area contributed by atoms with Crippen LogP contribution in [0.15, 0.2) is 142 Å². The molecule has 0 saturated heterocycles. The number of benzene rings is 4. The number of hydrogen-bond acceptors (Lipinski definition) is 28. The fourth-order valence-electron chi connectivity index (χ4n) is 9.41. The predicted octanol–water partition coefficient (Wildman–Crippen LogP) is 14.4. The third-order valence-corrected chi connectivity index (χ3v) is 16.3. The molecule has 34 nitrogen and oxygen atoms in total. The van der Waals surface area contributed by atoms with Gasteiger partial charge in [0.2, 0.25) is 21.9 Å². The van der Waals surface area contributed by atoms with E-state index in [-0.39, 0.29) is 205 Å². The number of halogens is 7. The molecule has 8 bridgehead atoms. The number of nitrogens with zero attached hydrogens (tertiary/aromatic N) is 13. The number of H-pyrrole nitrogens is 2. The van der Waals surface area contributed by atoms with Crippen molar-refractivity contribution in [2.75, 3.05) is 87.1 Å². The molecular weight excluding hydrogens is 1710 g/mol. The van der Waals surface area contributed by atoms with Crippen molar-refractivity contribution in [2.24, 2.45) is 0 Å². The van der Waals surface area contributed by atoms with Crippen LogP contribution in [0.5, 0.6) is 35.0 Å². The molecule has 0 atom stereocenters. The van der Waals surface area contributed by atoms with E-state index in [9.17, 15) is 57.0 Å². The number of amides is 2. The number of rotatable bonds is 17. The van der Waals surface area contributed by atoms with Crippen LogP contribution in [0, 0.1) is 43.5 Å². The Morgan fingerprint density at radius 1 is 0.621 bits per heavy atom. The molecule has 0 fully saturated rings. The molecule has 0 aliphatic carbocycles. The summed E-state index contributed by atoms with van der Waals surface area (Å²) in [7, 11) is 0. The van der Waals surface area contributed by atoms with Gasteiger partial charge < -0.3 is 59.3 Å². The molecular formula is C71H77Cl3F4N18O16S2V2. The van der Waals surface area contributed by atoms with Crippen molar-refractivity contribution in [3.05, 3.63) is 219 Å². The van der Waals surface area contributed by atoms with Crippen LogP contribution >= 0.6 is 58.3 Å². The van der Waals surface area contributed by atoms with Crippen LogP contribution in [0.4, 0.5) is 61.8 Å². The van der Waals surface area contributed by atoms with Gasteiger partial charge in [0.25, 0.3) is 0 Å². The smallest absolute Gasteiger partial charge is 0.415 e. The zero-order chi connectivity index (χ0) is 80.4. The van der Waals surface area contributed by atoms with Crippen molar-refractivity contribution in [3.8, 4) is 35.0 Å². The first-order valence-corrected chi connectivity index (χ1v) is 36.0. The van der Waals surface area contributed by atoms with E-state index < -0.39 is 67.4 Å². The number of aromatic amines is 2. The molecule has 8 heterocycles. The summed E-state index contributed by atoms with van der Waals surface area (Å²) in [6, 6.07) is 17.5. The third-order valence-electron chi connectivity index (χ3n) is 14.3. The summed E-state index contributed by atoms with van der Waals surface area (Å²) in [5, 5.41) is 24.1. The van der Waals surface area contributed by atoms with E-state index in [0.29, 0.717) is 51.5 Å². The summed E-state index contributed by atoms with van der Waals surface area (Å²) in [6.45, 7) is 11.5. The summed E-state index contributed by atoms with van der Waals surface area (Å²) >= 11 is 19.5. The first kappa shape index (κ1) is 99.1. The Balaban J connectivity index is 0.000000379. The van der Waals surface area contributed by atoms with E-state index in [1.165, 1.54) is 45.5 Å². The quantitative estimate of drug-likeness (QED) is 0.00826. The molecule has 2 aliphatic heterocycles. The van der Waals surface area contributed by atoms with Gasteiger partial charge in [0, 0.05) is 43.0 Å². The number of thioether (sulfide) groups is 2. The second-order valence-electron chi connectivity index (χ2n) is 21.8. The monoisotopic (exact) mass is 1780 g/mol. The van der Waals surface area contributed by atoms with Crippen molar-refractivity contribution in [1.29, 1.82) is 0 Å². The molecule has 0 unspecified atom stereocenters. The maximum absolute atomic E-state index is 14.0. The number of hydrogen-bond donors (Lipinski definition) is 5. The maximum Gasteiger partial charge on any atom is 0.415 e. The molecule has 618 valence electrons. The van der Waals surface area contributed by atoms with Gasteiger partial charge in [-0.1, -0.05) is 119 Å². The number of anilines is 4. The van der Waals surface area contributed by atoms with Gasteiger partial charge in [-0.25, -0.2) is 46.7 Å². The van der Waals surface area contributed by atoms with Gasteiger partial charge in [-0.15, -0.1) is 11.6 Å². The fraction of sp³-hybridized carbons (Fsp3) is 0.268. The number of nitrogens with two attached hydrogens (primary N) is 2. The van der Waals surface area contributed by atoms with Crippen molar-refractivity contribution >= 4 is 127 Å². The van der Waals surface area contributed by atoms with Gasteiger partial charge >= 0.3 is 47.0 Å². The van der Waals surface area contributed by atoms with Crippen molar-refractivity contribution in [3.63, 3.8) is 0 Å². The van der Waals surface area contributed by atoms with Gasteiger partial charge in [0.05, 0.1) is 42.7 Å². The Labute approximate surface area is 707 Å². The van der Waals surface area contributed by atoms with E-state index >= 15 is 0 Å². The number of nitro groups is 2. The summed E-state index contributed by atoms with van der Waals surface area (Å²) in [4.78, 5) is 108. The molecule has 2 radical (unpaired) electrons. The van der Waals surface area contributed by atoms with Gasteiger partial charge in [-0.3, -0.25) is 39.6 Å². The van der Waals surface area contributed by atoms with E-state index in [4.69, 9.17) is 79.4 Å². The topological polar surface area (TPSA) is 440 Å². The maximum atomic E-state index is 14.0. The zero-order valence-corrected chi connectivity index (χ0v) is 66.3. The minimum Gasteiger partial charge on any atom is -0.486 e. The number of carbonyl (C=O) groups is 2. The number of imidazole rings is 2. The van der Waals surface area contributed by atoms with Crippen LogP contribution in [-0.4, -0.2) is 146 Å². The number of ether oxygens (including phenoxy) is 8. The van der Waals surface area contributed by atoms with Crippen LogP contribution in [0.3, 0.4) is 0 Å². The van der Waals surface area contributed by atoms with Crippen LogP contribution in [0.25, 0.3) is 22.3 Å². The van der Waals surface area contributed by atoms with Gasteiger partial charge in [-0.05, 0) is 121 Å². The molecule has 116 heavy (non-hydrogen) atoms. The SMILES string of the molecule is C.C.C.C=CCOc1cc(CCl)ccc1F.C=CCOc1cc(CN(C(=O)OCC)c2nc(SC)nc(Cl)c2[N+](=O)[O-])ccc1F.CCOC(=O)Nc1nc(SC)nc(Cl)c1[N+](=O)[O-].Nc1nc2nc3c1[nH]c(=O)n3Cc1ccc(F)c(c1)OC/C=C/CO2.Nc1nc2nc3c1[nH]c(=O)n3Cc1ccc(F)c(c1)OC/C=C\CO2.[V].[V]. The van der Waals surface area contributed by atoms with Crippen LogP contribution in [0.1, 0.15) is 58.4 Å². The van der Waals surface area contributed by atoms with Crippen LogP contribution in [-0.2, 0) is 72.1 Å². The largest absolute Gasteiger partial charge is 0.486 e. The average Bonchev–Trinajstić information content (AvgIpc) is 1.49. The summed E-state index contributed by atoms with van der Waals surface area (Å²) in [6.07, 6.45) is 11.4. The first-order valence-electron chi connectivity index (χ1n) is 32.2. The van der Waals surface area contributed by atoms with Crippen LogP contribution < -0.4 is 61.5 Å². The fourth-order valence-corrected chi connectivity index (χ4v) is 10.9. The molecule has 2 amide bonds. The predicted molar refractivity (Wildman–Crippen MR) is 425 cm³/mol. The second kappa shape index (κ2) is 48.3. The second-order valence-corrected chi connectivity index (χ2v) is 24.3. The molecule has 4 aromatic carbocycles. The van der Waals surface area contributed by atoms with E-state index in [2.05, 4.69) is 73.1 Å². The van der Waals surface area contributed by atoms with Crippen molar-refractivity contribution in [1.82, 2.24) is 59.0 Å². The number of nitrogen functional groups attached to an aromatic ring is 2. The Bertz CT molecular complexity index is 5110. The van der Waals surface area contributed by atoms with Crippen LogP contribution in [0.2, 0.25) is 10.3 Å². The first-order chi connectivity index (χ1) is 53.3. The summed E-state index contributed by atoms with van der Waals surface area (Å²) < 4.78 is 99.2. The number of aromatic nitrogens is 12. The molecule has 2 aliphatic rings. The number of alkyl halides is 1. The number of nitrogens with one attached hydrogen (secondary N) is 3. The molecule has 7 N–H and O–H groups in total. The molecule has 45 heteroatoms. The molecule has 10 aromatic rings. The summed E-state index contributed by atoms with van der Waals surface area (Å²) in [5.74, 6) is -1.57. The Morgan fingerprint density at radius 3 is 1.47 bits per heavy atom. The normalized spacial score (nSPS) is 12.0. The number of carbonyl (C=O) groups excluding carboxylic acids is 2. The molecule has 12 rings (SSSR count). The Morgan fingerprint density at radius 2 is 1.04 bits per heavy atom. The molecule has 6 aromatic heterocycles. The third kappa shape index (κ3) is 27.0. The minimum absolute atomic E-state index is 0. The number of fused-ring (bicyclic) bond motifs is 6. The molecule has 0 saturated carbocycles. The Hall–Kier alpha value is -11.1. The minimum atomic E-state index is -0.889. The van der Waals surface area contributed by atoms with E-state index in [1.54, 1.807) is 93.1 Å². The van der Waals surface area contributed by atoms with E-state index in [0.717, 1.165) is 40.1 Å². The van der Waals surface area contributed by atoms with E-state index in [1.807, 2.05) is 0 Å². The molecule has 0 spiro atoms. The summed E-state index contributed by atoms with van der Waals surface area (Å²) in [5.41, 5.74) is 13.7.